The molecule has 0 saturated heterocycles. The Morgan fingerprint density at radius 3 is 2.54 bits per heavy atom. The van der Waals surface area contributed by atoms with Gasteiger partial charge in [-0.3, -0.25) is 0 Å². The number of nitrogens with one attached hydrogen (secondary N) is 2. The van der Waals surface area contributed by atoms with Crippen molar-refractivity contribution < 1.29 is 18.7 Å². The Labute approximate surface area is 157 Å². The van der Waals surface area contributed by atoms with Crippen LogP contribution >= 0.6 is 12.2 Å². The van der Waals surface area contributed by atoms with E-state index in [1.165, 1.54) is 19.2 Å². The Bertz CT molecular complexity index is 753. The lowest BCUT2D eigenvalue weighted by molar-refractivity contribution is -0.142. The zero-order valence-electron chi connectivity index (χ0n) is 14.6. The van der Waals surface area contributed by atoms with Crippen LogP contribution in [0.5, 0.6) is 5.75 Å². The number of halogens is 1. The molecule has 138 valence electrons. The predicted molar refractivity (Wildman–Crippen MR) is 103 cm³/mol. The fraction of sp³-hybridized carbons (Fsp3) is 0.263. The second kappa shape index (κ2) is 9.72. The van der Waals surface area contributed by atoms with Gasteiger partial charge in [0.2, 0.25) is 0 Å². The quantitative estimate of drug-likeness (QED) is 0.571. The van der Waals surface area contributed by atoms with E-state index in [-0.39, 0.29) is 10.9 Å². The minimum Gasteiger partial charge on any atom is -0.492 e. The summed E-state index contributed by atoms with van der Waals surface area (Å²) in [7, 11) is 1.31. The highest BCUT2D eigenvalue weighted by Gasteiger charge is 2.21. The molecule has 0 saturated carbocycles. The maximum absolute atomic E-state index is 13.1. The Hall–Kier alpha value is -2.67. The number of benzene rings is 2. The fourth-order valence-electron chi connectivity index (χ4n) is 2.36. The summed E-state index contributed by atoms with van der Waals surface area (Å²) in [6.07, 6.45) is 0.307. The lowest BCUT2D eigenvalue weighted by Crippen LogP contribution is -2.44. The standard InChI is InChI=1S/C19H21FN2O3S/c1-3-25-17-7-5-4-6-15(17)21-19(26)22-16(18(23)24-2)12-13-8-10-14(20)11-9-13/h4-11,16H,3,12H2,1-2H3,(H2,21,22,26). The second-order valence-electron chi connectivity index (χ2n) is 5.43. The molecular formula is C19H21FN2O3S. The van der Waals surface area contributed by atoms with Gasteiger partial charge in [0.1, 0.15) is 17.6 Å². The van der Waals surface area contributed by atoms with Gasteiger partial charge in [0, 0.05) is 6.42 Å². The van der Waals surface area contributed by atoms with Gasteiger partial charge in [0.05, 0.1) is 19.4 Å². The number of ether oxygens (including phenoxy) is 2. The van der Waals surface area contributed by atoms with Crippen molar-refractivity contribution >= 4 is 29.0 Å². The first kappa shape index (κ1) is 19.7. The van der Waals surface area contributed by atoms with Crippen LogP contribution in [0.15, 0.2) is 48.5 Å². The number of para-hydroxylation sites is 2. The van der Waals surface area contributed by atoms with Crippen molar-refractivity contribution in [3.8, 4) is 5.75 Å². The lowest BCUT2D eigenvalue weighted by Gasteiger charge is -2.20. The molecule has 0 aliphatic carbocycles. The van der Waals surface area contributed by atoms with Gasteiger partial charge in [-0.25, -0.2) is 9.18 Å². The van der Waals surface area contributed by atoms with Crippen molar-refractivity contribution in [2.24, 2.45) is 0 Å². The Kier molecular flexibility index (Phi) is 7.35. The van der Waals surface area contributed by atoms with Crippen LogP contribution < -0.4 is 15.4 Å². The van der Waals surface area contributed by atoms with Crippen molar-refractivity contribution in [1.82, 2.24) is 5.32 Å². The van der Waals surface area contributed by atoms with E-state index in [1.807, 2.05) is 31.2 Å². The SMILES string of the molecule is CCOc1ccccc1NC(=S)NC(Cc1ccc(F)cc1)C(=O)OC. The summed E-state index contributed by atoms with van der Waals surface area (Å²) in [5.41, 5.74) is 1.48. The van der Waals surface area contributed by atoms with Crippen molar-refractivity contribution in [3.05, 3.63) is 59.9 Å². The van der Waals surface area contributed by atoms with Crippen molar-refractivity contribution in [1.29, 1.82) is 0 Å². The number of methoxy groups -OCH3 is 1. The summed E-state index contributed by atoms with van der Waals surface area (Å²) in [6.45, 7) is 2.41. The summed E-state index contributed by atoms with van der Waals surface area (Å²) in [4.78, 5) is 12.1. The summed E-state index contributed by atoms with van der Waals surface area (Å²) < 4.78 is 23.4. The van der Waals surface area contributed by atoms with Gasteiger partial charge >= 0.3 is 5.97 Å². The van der Waals surface area contributed by atoms with Gasteiger partial charge in [-0.1, -0.05) is 24.3 Å². The van der Waals surface area contributed by atoms with Gasteiger partial charge in [-0.05, 0) is 49.0 Å². The molecule has 2 N–H and O–H groups in total. The third-order valence-corrected chi connectivity index (χ3v) is 3.80. The highest BCUT2D eigenvalue weighted by Crippen LogP contribution is 2.23. The molecule has 2 aromatic rings. The number of thiocarbonyl (C=S) groups is 1. The van der Waals surface area contributed by atoms with E-state index in [4.69, 9.17) is 21.7 Å². The van der Waals surface area contributed by atoms with E-state index in [0.29, 0.717) is 24.5 Å². The first-order valence-corrected chi connectivity index (χ1v) is 8.56. The van der Waals surface area contributed by atoms with Gasteiger partial charge in [-0.2, -0.15) is 0 Å². The number of carbonyl (C=O) groups is 1. The molecule has 0 fully saturated rings. The second-order valence-corrected chi connectivity index (χ2v) is 5.84. The zero-order valence-corrected chi connectivity index (χ0v) is 15.4. The molecule has 7 heteroatoms. The van der Waals surface area contributed by atoms with Crippen molar-refractivity contribution in [3.63, 3.8) is 0 Å². The smallest absolute Gasteiger partial charge is 0.328 e. The van der Waals surface area contributed by atoms with Crippen LogP contribution in [0.1, 0.15) is 12.5 Å². The molecule has 0 aromatic heterocycles. The average molecular weight is 376 g/mol. The predicted octanol–water partition coefficient (Wildman–Crippen LogP) is 3.30. The first-order chi connectivity index (χ1) is 12.5. The molecule has 0 bridgehead atoms. The third-order valence-electron chi connectivity index (χ3n) is 3.58. The van der Waals surface area contributed by atoms with E-state index in [1.54, 1.807) is 12.1 Å². The molecule has 0 radical (unpaired) electrons. The van der Waals surface area contributed by atoms with Gasteiger partial charge in [0.15, 0.2) is 5.11 Å². The number of hydrogen-bond donors (Lipinski definition) is 2. The Morgan fingerprint density at radius 2 is 1.88 bits per heavy atom. The zero-order chi connectivity index (χ0) is 18.9. The lowest BCUT2D eigenvalue weighted by atomic mass is 10.1. The van der Waals surface area contributed by atoms with Crippen LogP contribution in [0.3, 0.4) is 0 Å². The van der Waals surface area contributed by atoms with E-state index in [0.717, 1.165) is 5.56 Å². The van der Waals surface area contributed by atoms with Crippen LogP contribution in [0.4, 0.5) is 10.1 Å². The number of anilines is 1. The summed E-state index contributed by atoms with van der Waals surface area (Å²) in [6, 6.07) is 12.6. The highest BCUT2D eigenvalue weighted by molar-refractivity contribution is 7.80. The molecule has 0 spiro atoms. The fourth-order valence-corrected chi connectivity index (χ4v) is 2.61. The van der Waals surface area contributed by atoms with E-state index in [2.05, 4.69) is 10.6 Å². The maximum atomic E-state index is 13.1. The first-order valence-electron chi connectivity index (χ1n) is 8.15. The highest BCUT2D eigenvalue weighted by atomic mass is 32.1. The topological polar surface area (TPSA) is 59.6 Å². The molecule has 0 amide bonds. The molecule has 0 aliphatic rings. The monoisotopic (exact) mass is 376 g/mol. The largest absolute Gasteiger partial charge is 0.492 e. The molecule has 5 nitrogen and oxygen atoms in total. The maximum Gasteiger partial charge on any atom is 0.328 e. The number of rotatable bonds is 7. The van der Waals surface area contributed by atoms with Gasteiger partial charge in [0.25, 0.3) is 0 Å². The molecule has 2 aromatic carbocycles. The number of hydrogen-bond acceptors (Lipinski definition) is 4. The van der Waals surface area contributed by atoms with Crippen LogP contribution in [0, 0.1) is 5.82 Å². The summed E-state index contributed by atoms with van der Waals surface area (Å²) in [5.74, 6) is -0.134. The molecule has 0 heterocycles. The minimum atomic E-state index is -0.704. The normalized spacial score (nSPS) is 11.3. The van der Waals surface area contributed by atoms with Crippen LogP contribution in [-0.2, 0) is 16.0 Å². The molecule has 1 atom stereocenters. The molecule has 1 unspecified atom stereocenters. The molecule has 0 aliphatic heterocycles. The van der Waals surface area contributed by atoms with Gasteiger partial charge < -0.3 is 20.1 Å². The molecule has 2 rings (SSSR count). The number of esters is 1. The molecule has 26 heavy (non-hydrogen) atoms. The van der Waals surface area contributed by atoms with E-state index >= 15 is 0 Å². The summed E-state index contributed by atoms with van der Waals surface area (Å²) in [5, 5.41) is 6.23. The van der Waals surface area contributed by atoms with Crippen LogP contribution in [0.2, 0.25) is 0 Å². The number of carbonyl (C=O) groups excluding carboxylic acids is 1. The minimum absolute atomic E-state index is 0.259. The van der Waals surface area contributed by atoms with Crippen molar-refractivity contribution in [2.45, 2.75) is 19.4 Å². The van der Waals surface area contributed by atoms with Crippen molar-refractivity contribution in [2.75, 3.05) is 19.0 Å². The van der Waals surface area contributed by atoms with E-state index in [9.17, 15) is 9.18 Å². The van der Waals surface area contributed by atoms with Crippen LogP contribution in [0.25, 0.3) is 0 Å². The summed E-state index contributed by atoms with van der Waals surface area (Å²) >= 11 is 5.31. The van der Waals surface area contributed by atoms with Gasteiger partial charge in [-0.15, -0.1) is 0 Å². The van der Waals surface area contributed by atoms with Crippen LogP contribution in [-0.4, -0.2) is 30.8 Å². The average Bonchev–Trinajstić information content (AvgIpc) is 2.64. The van der Waals surface area contributed by atoms with E-state index < -0.39 is 12.0 Å². The molecular weight excluding hydrogens is 355 g/mol. The third kappa shape index (κ3) is 5.70. The Morgan fingerprint density at radius 1 is 1.19 bits per heavy atom. The Balaban J connectivity index is 2.06.